The predicted octanol–water partition coefficient (Wildman–Crippen LogP) is 0.413. The van der Waals surface area contributed by atoms with E-state index in [-0.39, 0.29) is 38.0 Å². The Bertz CT molecular complexity index is 620. The van der Waals surface area contributed by atoms with E-state index in [2.05, 4.69) is 5.32 Å². The van der Waals surface area contributed by atoms with Gasteiger partial charge in [0.25, 0.3) is 0 Å². The van der Waals surface area contributed by atoms with E-state index in [9.17, 15) is 14.4 Å². The second kappa shape index (κ2) is 7.31. The number of carbonyl (C=O) groups is 3. The third-order valence-corrected chi connectivity index (χ3v) is 3.79. The lowest BCUT2D eigenvalue weighted by Gasteiger charge is -2.31. The summed E-state index contributed by atoms with van der Waals surface area (Å²) in [5.74, 6) is -0.535. The molecule has 128 valence electrons. The molecule has 2 heterocycles. The topological polar surface area (TPSA) is 94.2 Å². The minimum Gasteiger partial charge on any atom is -0.462 e. The van der Waals surface area contributed by atoms with Crippen LogP contribution in [0.1, 0.15) is 12.0 Å². The molecule has 0 radical (unpaired) electrons. The van der Waals surface area contributed by atoms with Gasteiger partial charge in [-0.25, -0.2) is 4.79 Å². The number of esters is 1. The second-order valence-electron chi connectivity index (χ2n) is 5.56. The Morgan fingerprint density at radius 2 is 2.04 bits per heavy atom. The Morgan fingerprint density at radius 1 is 1.25 bits per heavy atom. The van der Waals surface area contributed by atoms with Gasteiger partial charge in [-0.1, -0.05) is 30.3 Å². The molecule has 8 heteroatoms. The van der Waals surface area contributed by atoms with E-state index >= 15 is 0 Å². The first-order valence-electron chi connectivity index (χ1n) is 7.67. The van der Waals surface area contributed by atoms with Gasteiger partial charge in [0.2, 0.25) is 5.91 Å². The van der Waals surface area contributed by atoms with Crippen LogP contribution < -0.4 is 5.32 Å². The number of nitrogens with one attached hydrogen (secondary N) is 1. The molecular formula is C16H18N2O6. The maximum Gasteiger partial charge on any atom is 0.407 e. The quantitative estimate of drug-likeness (QED) is 0.598. The zero-order valence-corrected chi connectivity index (χ0v) is 13.0. The first kappa shape index (κ1) is 16.3. The van der Waals surface area contributed by atoms with Gasteiger partial charge >= 0.3 is 12.1 Å². The molecule has 0 aromatic heterocycles. The fourth-order valence-electron chi connectivity index (χ4n) is 2.50. The highest BCUT2D eigenvalue weighted by Crippen LogP contribution is 2.28. The van der Waals surface area contributed by atoms with Gasteiger partial charge in [-0.3, -0.25) is 9.59 Å². The average molecular weight is 334 g/mol. The lowest BCUT2D eigenvalue weighted by atomic mass is 10.2. The van der Waals surface area contributed by atoms with E-state index in [1.54, 1.807) is 4.90 Å². The normalized spacial score (nSPS) is 21.7. The molecule has 2 amide bonds. The third kappa shape index (κ3) is 4.02. The van der Waals surface area contributed by atoms with Crippen molar-refractivity contribution >= 4 is 18.0 Å². The maximum absolute atomic E-state index is 11.6. The average Bonchev–Trinajstić information content (AvgIpc) is 2.93. The summed E-state index contributed by atoms with van der Waals surface area (Å²) in [7, 11) is 0. The summed E-state index contributed by atoms with van der Waals surface area (Å²) in [6, 6.07) is 9.21. The lowest BCUT2D eigenvalue weighted by molar-refractivity contribution is -0.159. The Morgan fingerprint density at radius 3 is 2.75 bits per heavy atom. The number of benzene rings is 1. The zero-order chi connectivity index (χ0) is 16.9. The van der Waals surface area contributed by atoms with Gasteiger partial charge in [0.05, 0.1) is 13.0 Å². The smallest absolute Gasteiger partial charge is 0.407 e. The van der Waals surface area contributed by atoms with Crippen molar-refractivity contribution in [1.29, 1.82) is 0 Å². The Kier molecular flexibility index (Phi) is 4.95. The van der Waals surface area contributed by atoms with Crippen LogP contribution in [0.15, 0.2) is 30.3 Å². The fraction of sp³-hybridized carbons (Fsp3) is 0.438. The maximum atomic E-state index is 11.6. The largest absolute Gasteiger partial charge is 0.462 e. The van der Waals surface area contributed by atoms with Crippen molar-refractivity contribution in [3.8, 4) is 0 Å². The molecule has 24 heavy (non-hydrogen) atoms. The lowest BCUT2D eigenvalue weighted by Crippen LogP contribution is -2.48. The van der Waals surface area contributed by atoms with Gasteiger partial charge in [-0.05, 0) is 5.56 Å². The Labute approximate surface area is 138 Å². The summed E-state index contributed by atoms with van der Waals surface area (Å²) in [5, 5.41) is 2.32. The number of hydrogen-bond donors (Lipinski definition) is 1. The van der Waals surface area contributed by atoms with Crippen LogP contribution in [0.4, 0.5) is 4.79 Å². The standard InChI is InChI=1S/C16H18N2O6/c19-13-6-14-18(13)8-12(24-14)10-22-15(20)7-17-16(21)23-9-11-4-2-1-3-5-11/h1-5,12,14H,6-10H2,(H,17,21). The van der Waals surface area contributed by atoms with Crippen molar-refractivity contribution in [2.24, 2.45) is 0 Å². The number of ether oxygens (including phenoxy) is 3. The summed E-state index contributed by atoms with van der Waals surface area (Å²) >= 11 is 0. The van der Waals surface area contributed by atoms with Gasteiger partial charge in [0.15, 0.2) is 0 Å². The van der Waals surface area contributed by atoms with Crippen LogP contribution in [0, 0.1) is 0 Å². The fourth-order valence-corrected chi connectivity index (χ4v) is 2.50. The van der Waals surface area contributed by atoms with Crippen molar-refractivity contribution in [3.05, 3.63) is 35.9 Å². The first-order chi connectivity index (χ1) is 11.6. The monoisotopic (exact) mass is 334 g/mol. The molecule has 0 spiro atoms. The minimum atomic E-state index is -0.692. The molecule has 1 N–H and O–H groups in total. The van der Waals surface area contributed by atoms with E-state index in [4.69, 9.17) is 14.2 Å². The highest BCUT2D eigenvalue weighted by molar-refractivity contribution is 5.83. The summed E-state index contributed by atoms with van der Waals surface area (Å²) < 4.78 is 15.5. The van der Waals surface area contributed by atoms with Crippen LogP contribution >= 0.6 is 0 Å². The Hall–Kier alpha value is -2.61. The number of rotatable bonds is 6. The summed E-state index contributed by atoms with van der Waals surface area (Å²) in [6.07, 6.45) is -0.787. The van der Waals surface area contributed by atoms with Crippen LogP contribution in [0.2, 0.25) is 0 Å². The Balaban J connectivity index is 1.28. The first-order valence-corrected chi connectivity index (χ1v) is 7.67. The molecule has 0 saturated carbocycles. The number of nitrogens with zero attached hydrogens (tertiary/aromatic N) is 1. The number of β-lactam (4-membered cyclic amide) rings is 1. The molecule has 8 nitrogen and oxygen atoms in total. The number of alkyl carbamates (subject to hydrolysis) is 1. The van der Waals surface area contributed by atoms with Crippen LogP contribution in [0.3, 0.4) is 0 Å². The van der Waals surface area contributed by atoms with Gasteiger partial charge < -0.3 is 24.4 Å². The summed E-state index contributed by atoms with van der Waals surface area (Å²) in [4.78, 5) is 35.9. The highest BCUT2D eigenvalue weighted by Gasteiger charge is 2.45. The van der Waals surface area contributed by atoms with Gasteiger partial charge in [-0.2, -0.15) is 0 Å². The van der Waals surface area contributed by atoms with Crippen molar-refractivity contribution in [2.45, 2.75) is 25.4 Å². The number of fused-ring (bicyclic) bond motifs is 1. The minimum absolute atomic E-state index is 0.0525. The highest BCUT2D eigenvalue weighted by atomic mass is 16.6. The predicted molar refractivity (Wildman–Crippen MR) is 80.6 cm³/mol. The molecule has 0 aliphatic carbocycles. The van der Waals surface area contributed by atoms with Crippen molar-refractivity contribution < 1.29 is 28.6 Å². The van der Waals surface area contributed by atoms with Crippen molar-refractivity contribution in [2.75, 3.05) is 19.7 Å². The molecular weight excluding hydrogens is 316 g/mol. The molecule has 1 aromatic carbocycles. The van der Waals surface area contributed by atoms with Gasteiger partial charge in [-0.15, -0.1) is 0 Å². The molecule has 2 aliphatic rings. The summed E-state index contributed by atoms with van der Waals surface area (Å²) in [6.45, 7) is 0.332. The van der Waals surface area contributed by atoms with Crippen LogP contribution in [0.5, 0.6) is 0 Å². The third-order valence-electron chi connectivity index (χ3n) is 3.79. The molecule has 0 bridgehead atoms. The second-order valence-corrected chi connectivity index (χ2v) is 5.56. The molecule has 2 atom stereocenters. The SMILES string of the molecule is O=C(CNC(=O)OCc1ccccc1)OCC1CN2C(=O)CC2O1. The molecule has 2 aliphatic heterocycles. The van der Waals surface area contributed by atoms with Gasteiger partial charge in [0, 0.05) is 0 Å². The van der Waals surface area contributed by atoms with Crippen LogP contribution in [0.25, 0.3) is 0 Å². The number of amides is 2. The van der Waals surface area contributed by atoms with Crippen LogP contribution in [-0.2, 0) is 30.4 Å². The van der Waals surface area contributed by atoms with E-state index in [0.717, 1.165) is 5.56 Å². The van der Waals surface area contributed by atoms with E-state index in [1.165, 1.54) is 0 Å². The summed E-state index contributed by atoms with van der Waals surface area (Å²) in [5.41, 5.74) is 0.854. The van der Waals surface area contributed by atoms with Crippen molar-refractivity contribution in [1.82, 2.24) is 10.2 Å². The molecule has 3 rings (SSSR count). The van der Waals surface area contributed by atoms with Crippen molar-refractivity contribution in [3.63, 3.8) is 0 Å². The molecule has 2 saturated heterocycles. The molecule has 2 fully saturated rings. The van der Waals surface area contributed by atoms with E-state index in [0.29, 0.717) is 13.0 Å². The molecule has 1 aromatic rings. The zero-order valence-electron chi connectivity index (χ0n) is 13.0. The molecule has 2 unspecified atom stereocenters. The van der Waals surface area contributed by atoms with Crippen LogP contribution in [-0.4, -0.2) is 54.9 Å². The van der Waals surface area contributed by atoms with E-state index < -0.39 is 12.1 Å². The number of carbonyl (C=O) groups excluding carboxylic acids is 3. The number of hydrogen-bond acceptors (Lipinski definition) is 6. The van der Waals surface area contributed by atoms with E-state index in [1.807, 2.05) is 30.3 Å². The van der Waals surface area contributed by atoms with Gasteiger partial charge in [0.1, 0.15) is 32.1 Å².